The number of anilines is 1. The van der Waals surface area contributed by atoms with E-state index in [0.717, 1.165) is 5.56 Å². The number of carbonyl (C=O) groups is 1. The lowest BCUT2D eigenvalue weighted by Crippen LogP contribution is -2.40. The molecule has 1 rings (SSSR count). The number of nitrogens with zero attached hydrogens (tertiary/aromatic N) is 1. The molecule has 1 aromatic rings. The molecule has 0 aliphatic heterocycles. The number of nitrogens with two attached hydrogens (primary N) is 1. The van der Waals surface area contributed by atoms with E-state index in [2.05, 4.69) is 4.72 Å². The van der Waals surface area contributed by atoms with E-state index in [-0.39, 0.29) is 23.0 Å². The summed E-state index contributed by atoms with van der Waals surface area (Å²) < 4.78 is 27.1. The highest BCUT2D eigenvalue weighted by Gasteiger charge is 2.22. The summed E-state index contributed by atoms with van der Waals surface area (Å²) in [6, 6.07) is 3.33. The zero-order valence-electron chi connectivity index (χ0n) is 12.9. The molecule has 0 aliphatic carbocycles. The lowest BCUT2D eigenvalue weighted by molar-refractivity contribution is -0.129. The van der Waals surface area contributed by atoms with Crippen LogP contribution < -0.4 is 10.5 Å². The lowest BCUT2D eigenvalue weighted by atomic mass is 10.1. The Hall–Kier alpha value is -1.60. The standard InChI is InChI=1S/C14H23N3O3S/c1-5-17(6-2)13(18)9-16-21(19,20)14-11(4)10(3)7-8-12(14)15/h7-8,16H,5-6,9,15H2,1-4H3. The van der Waals surface area contributed by atoms with Crippen LogP contribution in [0, 0.1) is 13.8 Å². The number of benzene rings is 1. The molecular formula is C14H23N3O3S. The van der Waals surface area contributed by atoms with Gasteiger partial charge in [0.25, 0.3) is 0 Å². The van der Waals surface area contributed by atoms with Crippen LogP contribution in [0.3, 0.4) is 0 Å². The first kappa shape index (κ1) is 17.5. The molecular weight excluding hydrogens is 290 g/mol. The first-order chi connectivity index (χ1) is 9.74. The number of carbonyl (C=O) groups excluding carboxylic acids is 1. The number of aryl methyl sites for hydroxylation is 1. The Bertz CT molecular complexity index is 623. The van der Waals surface area contributed by atoms with Gasteiger partial charge in [-0.2, -0.15) is 0 Å². The van der Waals surface area contributed by atoms with E-state index in [1.54, 1.807) is 24.0 Å². The minimum absolute atomic E-state index is 0.0508. The highest BCUT2D eigenvalue weighted by molar-refractivity contribution is 7.89. The third-order valence-corrected chi connectivity index (χ3v) is 5.11. The number of hydrogen-bond acceptors (Lipinski definition) is 4. The average Bonchev–Trinajstić information content (AvgIpc) is 2.42. The van der Waals surface area contributed by atoms with Crippen LogP contribution in [0.2, 0.25) is 0 Å². The number of nitrogens with one attached hydrogen (secondary N) is 1. The minimum Gasteiger partial charge on any atom is -0.398 e. The van der Waals surface area contributed by atoms with Crippen molar-refractivity contribution in [1.82, 2.24) is 9.62 Å². The molecule has 1 amide bonds. The smallest absolute Gasteiger partial charge is 0.243 e. The third kappa shape index (κ3) is 3.95. The Labute approximate surface area is 126 Å². The van der Waals surface area contributed by atoms with Gasteiger partial charge >= 0.3 is 0 Å². The largest absolute Gasteiger partial charge is 0.398 e. The van der Waals surface area contributed by atoms with Crippen molar-refractivity contribution in [2.75, 3.05) is 25.4 Å². The van der Waals surface area contributed by atoms with Crippen LogP contribution in [0.1, 0.15) is 25.0 Å². The van der Waals surface area contributed by atoms with Gasteiger partial charge in [-0.05, 0) is 44.9 Å². The molecule has 0 fully saturated rings. The summed E-state index contributed by atoms with van der Waals surface area (Å²) in [5.74, 6) is -0.257. The van der Waals surface area contributed by atoms with Gasteiger partial charge in [0.1, 0.15) is 4.90 Å². The lowest BCUT2D eigenvalue weighted by Gasteiger charge is -2.19. The fourth-order valence-corrected chi connectivity index (χ4v) is 3.49. The number of amides is 1. The number of sulfonamides is 1. The van der Waals surface area contributed by atoms with Crippen LogP contribution in [0.25, 0.3) is 0 Å². The molecule has 0 aromatic heterocycles. The maximum absolute atomic E-state index is 12.4. The fraction of sp³-hybridized carbons (Fsp3) is 0.500. The van der Waals surface area contributed by atoms with Crippen LogP contribution in [0.5, 0.6) is 0 Å². The summed E-state index contributed by atoms with van der Waals surface area (Å²) in [5.41, 5.74) is 7.39. The Kier molecular flexibility index (Phi) is 5.74. The second-order valence-electron chi connectivity index (χ2n) is 4.82. The normalized spacial score (nSPS) is 11.4. The number of likely N-dealkylation sites (N-methyl/N-ethyl adjacent to an activating group) is 1. The van der Waals surface area contributed by atoms with Gasteiger partial charge in [-0.1, -0.05) is 6.07 Å². The molecule has 3 N–H and O–H groups in total. The van der Waals surface area contributed by atoms with Crippen LogP contribution in [-0.2, 0) is 14.8 Å². The van der Waals surface area contributed by atoms with Crippen molar-refractivity contribution in [2.24, 2.45) is 0 Å². The molecule has 0 bridgehead atoms. The highest BCUT2D eigenvalue weighted by atomic mass is 32.2. The first-order valence-electron chi connectivity index (χ1n) is 6.87. The molecule has 6 nitrogen and oxygen atoms in total. The maximum Gasteiger partial charge on any atom is 0.243 e. The van der Waals surface area contributed by atoms with Crippen molar-refractivity contribution in [2.45, 2.75) is 32.6 Å². The molecule has 0 saturated carbocycles. The summed E-state index contributed by atoms with van der Waals surface area (Å²) >= 11 is 0. The van der Waals surface area contributed by atoms with E-state index in [4.69, 9.17) is 5.73 Å². The highest BCUT2D eigenvalue weighted by Crippen LogP contribution is 2.24. The average molecular weight is 313 g/mol. The molecule has 0 saturated heterocycles. The first-order valence-corrected chi connectivity index (χ1v) is 8.36. The molecule has 0 spiro atoms. The van der Waals surface area contributed by atoms with Crippen molar-refractivity contribution < 1.29 is 13.2 Å². The van der Waals surface area contributed by atoms with Gasteiger partial charge < -0.3 is 10.6 Å². The monoisotopic (exact) mass is 313 g/mol. The van der Waals surface area contributed by atoms with E-state index in [9.17, 15) is 13.2 Å². The molecule has 7 heteroatoms. The summed E-state index contributed by atoms with van der Waals surface area (Å²) in [6.07, 6.45) is 0. The molecule has 21 heavy (non-hydrogen) atoms. The van der Waals surface area contributed by atoms with Crippen molar-refractivity contribution in [3.63, 3.8) is 0 Å². The molecule has 0 unspecified atom stereocenters. The van der Waals surface area contributed by atoms with E-state index in [1.165, 1.54) is 0 Å². The van der Waals surface area contributed by atoms with E-state index in [1.807, 2.05) is 20.8 Å². The predicted octanol–water partition coefficient (Wildman–Crippen LogP) is 1.03. The molecule has 0 radical (unpaired) electrons. The van der Waals surface area contributed by atoms with Crippen molar-refractivity contribution in [3.8, 4) is 0 Å². The molecule has 0 atom stereocenters. The van der Waals surface area contributed by atoms with Crippen LogP contribution in [0.15, 0.2) is 17.0 Å². The van der Waals surface area contributed by atoms with Gasteiger partial charge in [0.05, 0.1) is 12.2 Å². The number of rotatable bonds is 6. The van der Waals surface area contributed by atoms with Gasteiger partial charge in [-0.15, -0.1) is 0 Å². The molecule has 0 aliphatic rings. The summed E-state index contributed by atoms with van der Waals surface area (Å²) in [4.78, 5) is 13.5. The van der Waals surface area contributed by atoms with Crippen molar-refractivity contribution in [3.05, 3.63) is 23.3 Å². The Morgan fingerprint density at radius 3 is 2.33 bits per heavy atom. The second-order valence-corrected chi connectivity index (χ2v) is 6.52. The van der Waals surface area contributed by atoms with Gasteiger partial charge in [-0.3, -0.25) is 4.79 Å². The number of hydrogen-bond donors (Lipinski definition) is 2. The summed E-state index contributed by atoms with van der Waals surface area (Å²) in [7, 11) is -3.81. The summed E-state index contributed by atoms with van der Waals surface area (Å²) in [6.45, 7) is 8.03. The van der Waals surface area contributed by atoms with Crippen LogP contribution in [-0.4, -0.2) is 38.9 Å². The zero-order chi connectivity index (χ0) is 16.2. The van der Waals surface area contributed by atoms with Gasteiger partial charge in [0, 0.05) is 13.1 Å². The molecule has 0 heterocycles. The summed E-state index contributed by atoms with van der Waals surface area (Å²) in [5, 5.41) is 0. The Balaban J connectivity index is 2.99. The molecule has 1 aromatic carbocycles. The quantitative estimate of drug-likeness (QED) is 0.767. The SMILES string of the molecule is CCN(CC)C(=O)CNS(=O)(=O)c1c(N)ccc(C)c1C. The fourth-order valence-electron chi connectivity index (χ4n) is 2.08. The van der Waals surface area contributed by atoms with Gasteiger partial charge in [0.2, 0.25) is 15.9 Å². The topological polar surface area (TPSA) is 92.5 Å². The van der Waals surface area contributed by atoms with Crippen LogP contribution >= 0.6 is 0 Å². The van der Waals surface area contributed by atoms with Crippen molar-refractivity contribution >= 4 is 21.6 Å². The Morgan fingerprint density at radius 2 is 1.81 bits per heavy atom. The van der Waals surface area contributed by atoms with Crippen LogP contribution in [0.4, 0.5) is 5.69 Å². The minimum atomic E-state index is -3.81. The molecule has 118 valence electrons. The maximum atomic E-state index is 12.4. The Morgan fingerprint density at radius 1 is 1.24 bits per heavy atom. The predicted molar refractivity (Wildman–Crippen MR) is 83.4 cm³/mol. The third-order valence-electron chi connectivity index (χ3n) is 3.51. The van der Waals surface area contributed by atoms with Gasteiger partial charge in [-0.25, -0.2) is 13.1 Å². The van der Waals surface area contributed by atoms with E-state index < -0.39 is 10.0 Å². The van der Waals surface area contributed by atoms with E-state index in [0.29, 0.717) is 18.7 Å². The van der Waals surface area contributed by atoms with Crippen molar-refractivity contribution in [1.29, 1.82) is 0 Å². The van der Waals surface area contributed by atoms with E-state index >= 15 is 0 Å². The van der Waals surface area contributed by atoms with Gasteiger partial charge in [0.15, 0.2) is 0 Å². The number of nitrogen functional groups attached to an aromatic ring is 1. The second kappa shape index (κ2) is 6.91. The zero-order valence-corrected chi connectivity index (χ0v) is 13.8.